The molecule has 8 heteroatoms. The number of carbonyl (C=O) groups is 2. The van der Waals surface area contributed by atoms with Gasteiger partial charge in [0.2, 0.25) is 0 Å². The fraction of sp³-hybridized carbons (Fsp3) is 0.0625. The molecule has 0 heterocycles. The van der Waals surface area contributed by atoms with E-state index in [9.17, 15) is 19.7 Å². The van der Waals surface area contributed by atoms with E-state index < -0.39 is 16.7 Å². The van der Waals surface area contributed by atoms with Crippen LogP contribution in [0.15, 0.2) is 59.7 Å². The first kappa shape index (κ1) is 16.8. The van der Waals surface area contributed by atoms with E-state index in [1.165, 1.54) is 30.5 Å². The number of nitro benzene ring substituents is 1. The highest BCUT2D eigenvalue weighted by Gasteiger charge is 2.11. The van der Waals surface area contributed by atoms with Crippen molar-refractivity contribution >= 4 is 23.7 Å². The fourth-order valence-corrected chi connectivity index (χ4v) is 1.76. The zero-order chi connectivity index (χ0) is 17.4. The predicted octanol–water partition coefficient (Wildman–Crippen LogP) is 1.36. The Morgan fingerprint density at radius 2 is 1.71 bits per heavy atom. The van der Waals surface area contributed by atoms with E-state index in [0.717, 1.165) is 5.56 Å². The number of benzene rings is 2. The van der Waals surface area contributed by atoms with Crippen molar-refractivity contribution in [1.82, 2.24) is 10.7 Å². The second-order valence-electron chi connectivity index (χ2n) is 4.72. The van der Waals surface area contributed by atoms with Gasteiger partial charge >= 0.3 is 11.8 Å². The third kappa shape index (κ3) is 5.02. The molecular formula is C16H14N4O4. The number of hydrogen-bond acceptors (Lipinski definition) is 5. The largest absolute Gasteiger partial charge is 0.344 e. The molecule has 0 aromatic heterocycles. The molecule has 122 valence electrons. The number of nitrogens with one attached hydrogen (secondary N) is 2. The molecule has 0 bridgehead atoms. The Bertz CT molecular complexity index is 757. The summed E-state index contributed by atoms with van der Waals surface area (Å²) in [5.41, 5.74) is 3.46. The number of nitro groups is 1. The summed E-state index contributed by atoms with van der Waals surface area (Å²) in [4.78, 5) is 33.2. The van der Waals surface area contributed by atoms with E-state index in [1.54, 1.807) is 0 Å². The second kappa shape index (κ2) is 8.18. The van der Waals surface area contributed by atoms with Gasteiger partial charge < -0.3 is 5.32 Å². The normalized spacial score (nSPS) is 10.3. The van der Waals surface area contributed by atoms with E-state index >= 15 is 0 Å². The Labute approximate surface area is 137 Å². The van der Waals surface area contributed by atoms with Gasteiger partial charge in [-0.25, -0.2) is 5.43 Å². The zero-order valence-electron chi connectivity index (χ0n) is 12.5. The van der Waals surface area contributed by atoms with Crippen LogP contribution in [0.2, 0.25) is 0 Å². The smallest absolute Gasteiger partial charge is 0.329 e. The second-order valence-corrected chi connectivity index (χ2v) is 4.72. The Balaban J connectivity index is 1.81. The van der Waals surface area contributed by atoms with Crippen LogP contribution >= 0.6 is 0 Å². The summed E-state index contributed by atoms with van der Waals surface area (Å²) in [6, 6.07) is 14.7. The summed E-state index contributed by atoms with van der Waals surface area (Å²) in [5.74, 6) is -1.70. The maximum Gasteiger partial charge on any atom is 0.329 e. The monoisotopic (exact) mass is 326 g/mol. The molecule has 0 fully saturated rings. The van der Waals surface area contributed by atoms with Gasteiger partial charge in [0.25, 0.3) is 5.69 Å². The Kier molecular flexibility index (Phi) is 5.73. The van der Waals surface area contributed by atoms with Crippen molar-refractivity contribution in [3.05, 3.63) is 75.8 Å². The maximum atomic E-state index is 11.6. The van der Waals surface area contributed by atoms with Gasteiger partial charge in [0, 0.05) is 18.7 Å². The fourth-order valence-electron chi connectivity index (χ4n) is 1.76. The summed E-state index contributed by atoms with van der Waals surface area (Å²) in [5, 5.41) is 16.6. The van der Waals surface area contributed by atoms with Gasteiger partial charge in [-0.2, -0.15) is 5.10 Å². The number of hydrogen-bond donors (Lipinski definition) is 2. The van der Waals surface area contributed by atoms with Gasteiger partial charge in [0.05, 0.1) is 11.1 Å². The topological polar surface area (TPSA) is 114 Å². The lowest BCUT2D eigenvalue weighted by Gasteiger charge is -2.03. The molecule has 0 atom stereocenters. The van der Waals surface area contributed by atoms with Crippen LogP contribution in [0.4, 0.5) is 5.69 Å². The van der Waals surface area contributed by atoms with Crippen molar-refractivity contribution in [3.8, 4) is 0 Å². The predicted molar refractivity (Wildman–Crippen MR) is 87.1 cm³/mol. The average Bonchev–Trinajstić information content (AvgIpc) is 2.61. The number of rotatable bonds is 5. The Morgan fingerprint density at radius 1 is 1.04 bits per heavy atom. The molecule has 2 N–H and O–H groups in total. The molecule has 2 aromatic carbocycles. The first-order valence-corrected chi connectivity index (χ1v) is 6.96. The summed E-state index contributed by atoms with van der Waals surface area (Å²) >= 11 is 0. The molecule has 24 heavy (non-hydrogen) atoms. The number of nitrogens with zero attached hydrogens (tertiary/aromatic N) is 2. The quantitative estimate of drug-likeness (QED) is 0.374. The van der Waals surface area contributed by atoms with Crippen LogP contribution < -0.4 is 10.7 Å². The molecule has 0 aliphatic heterocycles. The first-order valence-electron chi connectivity index (χ1n) is 6.96. The highest BCUT2D eigenvalue weighted by molar-refractivity contribution is 6.35. The molecule has 0 radical (unpaired) electrons. The van der Waals surface area contributed by atoms with Crippen LogP contribution in [0.25, 0.3) is 0 Å². The molecule has 8 nitrogen and oxygen atoms in total. The third-order valence-corrected chi connectivity index (χ3v) is 2.99. The molecule has 0 saturated carbocycles. The van der Waals surface area contributed by atoms with Gasteiger partial charge in [-0.15, -0.1) is 0 Å². The van der Waals surface area contributed by atoms with Crippen molar-refractivity contribution in [2.75, 3.05) is 0 Å². The summed E-state index contributed by atoms with van der Waals surface area (Å²) in [7, 11) is 0. The van der Waals surface area contributed by atoms with Crippen molar-refractivity contribution in [2.45, 2.75) is 6.54 Å². The highest BCUT2D eigenvalue weighted by atomic mass is 16.6. The number of non-ortho nitro benzene ring substituents is 1. The number of carbonyl (C=O) groups excluding carboxylic acids is 2. The van der Waals surface area contributed by atoms with E-state index in [0.29, 0.717) is 5.56 Å². The van der Waals surface area contributed by atoms with E-state index in [4.69, 9.17) is 0 Å². The van der Waals surface area contributed by atoms with Crippen LogP contribution in [-0.4, -0.2) is 23.0 Å². The van der Waals surface area contributed by atoms with Gasteiger partial charge in [0.15, 0.2) is 0 Å². The van der Waals surface area contributed by atoms with Gasteiger partial charge in [-0.05, 0) is 23.3 Å². The van der Waals surface area contributed by atoms with Crippen LogP contribution in [0.5, 0.6) is 0 Å². The minimum Gasteiger partial charge on any atom is -0.344 e. The SMILES string of the molecule is O=C(NCc1ccccc1)C(=O)N/N=C\c1ccc([N+](=O)[O-])cc1. The van der Waals surface area contributed by atoms with Crippen LogP contribution in [0, 0.1) is 10.1 Å². The van der Waals surface area contributed by atoms with E-state index in [-0.39, 0.29) is 12.2 Å². The molecule has 2 rings (SSSR count). The summed E-state index contributed by atoms with van der Waals surface area (Å²) in [6.07, 6.45) is 1.28. The average molecular weight is 326 g/mol. The Hall–Kier alpha value is -3.55. The van der Waals surface area contributed by atoms with E-state index in [1.807, 2.05) is 30.3 Å². The molecule has 0 spiro atoms. The van der Waals surface area contributed by atoms with Gasteiger partial charge in [0.1, 0.15) is 0 Å². The molecular weight excluding hydrogens is 312 g/mol. The van der Waals surface area contributed by atoms with E-state index in [2.05, 4.69) is 15.8 Å². The van der Waals surface area contributed by atoms with Crippen LogP contribution in [0.3, 0.4) is 0 Å². The van der Waals surface area contributed by atoms with Crippen molar-refractivity contribution in [2.24, 2.45) is 5.10 Å². The van der Waals surface area contributed by atoms with Crippen LogP contribution in [0.1, 0.15) is 11.1 Å². The third-order valence-electron chi connectivity index (χ3n) is 2.99. The number of hydrazone groups is 1. The molecule has 2 aromatic rings. The van der Waals surface area contributed by atoms with Gasteiger partial charge in [-0.1, -0.05) is 30.3 Å². The minimum absolute atomic E-state index is 0.0449. The molecule has 0 unspecified atom stereocenters. The zero-order valence-corrected chi connectivity index (χ0v) is 12.5. The molecule has 2 amide bonds. The summed E-state index contributed by atoms with van der Waals surface area (Å²) in [6.45, 7) is 0.235. The Morgan fingerprint density at radius 3 is 2.33 bits per heavy atom. The van der Waals surface area contributed by atoms with Gasteiger partial charge in [-0.3, -0.25) is 19.7 Å². The number of amides is 2. The maximum absolute atomic E-state index is 11.6. The lowest BCUT2D eigenvalue weighted by molar-refractivity contribution is -0.384. The van der Waals surface area contributed by atoms with Crippen molar-refractivity contribution in [1.29, 1.82) is 0 Å². The lowest BCUT2D eigenvalue weighted by atomic mass is 10.2. The molecule has 0 aliphatic rings. The molecule has 0 saturated heterocycles. The van der Waals surface area contributed by atoms with Crippen molar-refractivity contribution < 1.29 is 14.5 Å². The standard InChI is InChI=1S/C16H14N4O4/c21-15(17-10-12-4-2-1-3-5-12)16(22)19-18-11-13-6-8-14(9-7-13)20(23)24/h1-9,11H,10H2,(H,17,21)(H,19,22)/b18-11-. The van der Waals surface area contributed by atoms with Crippen LogP contribution in [-0.2, 0) is 16.1 Å². The summed E-state index contributed by atoms with van der Waals surface area (Å²) < 4.78 is 0. The molecule has 0 aliphatic carbocycles. The van der Waals surface area contributed by atoms with Crippen molar-refractivity contribution in [3.63, 3.8) is 0 Å². The first-order chi connectivity index (χ1) is 11.6. The minimum atomic E-state index is -0.899. The highest BCUT2D eigenvalue weighted by Crippen LogP contribution is 2.10. The lowest BCUT2D eigenvalue weighted by Crippen LogP contribution is -2.37.